The molecule has 142 valence electrons. The summed E-state index contributed by atoms with van der Waals surface area (Å²) in [4.78, 5) is 27.2. The number of thioether (sulfide) groups is 1. The summed E-state index contributed by atoms with van der Waals surface area (Å²) >= 11 is 1.61. The molecule has 1 aliphatic heterocycles. The Balaban J connectivity index is 1.58. The molecule has 2 bridgehead atoms. The number of Topliss-reactive ketones (excluding diaryl/α,β-unsaturated/α-hetero) is 1. The number of hydrogen-bond acceptors (Lipinski definition) is 6. The molecular formula is C20H30N4OS. The minimum absolute atomic E-state index is 0.0154. The fourth-order valence-corrected chi connectivity index (χ4v) is 6.57. The van der Waals surface area contributed by atoms with Crippen LogP contribution in [0.15, 0.2) is 11.2 Å². The van der Waals surface area contributed by atoms with Crippen LogP contribution < -0.4 is 4.90 Å². The van der Waals surface area contributed by atoms with Crippen molar-refractivity contribution in [2.45, 2.75) is 50.9 Å². The molecule has 2 saturated carbocycles. The lowest BCUT2D eigenvalue weighted by molar-refractivity contribution is -0.122. The van der Waals surface area contributed by atoms with Crippen molar-refractivity contribution in [3.63, 3.8) is 0 Å². The van der Waals surface area contributed by atoms with Crippen molar-refractivity contribution in [3.05, 3.63) is 11.8 Å². The van der Waals surface area contributed by atoms with Crippen molar-refractivity contribution >= 4 is 23.4 Å². The Morgan fingerprint density at radius 2 is 1.85 bits per heavy atom. The Hall–Kier alpha value is -1.14. The number of fused-ring (bicyclic) bond motifs is 2. The molecule has 0 N–H and O–H groups in total. The van der Waals surface area contributed by atoms with Gasteiger partial charge in [0.2, 0.25) is 0 Å². The number of aromatic nitrogens is 2. The van der Waals surface area contributed by atoms with Gasteiger partial charge in [-0.1, -0.05) is 32.5 Å². The largest absolute Gasteiger partial charge is 0.354 e. The fourth-order valence-electron chi connectivity index (χ4n) is 5.06. The molecule has 3 atom stereocenters. The van der Waals surface area contributed by atoms with E-state index in [9.17, 15) is 4.79 Å². The zero-order chi connectivity index (χ0) is 18.7. The first-order valence-electron chi connectivity index (χ1n) is 9.72. The Morgan fingerprint density at radius 3 is 2.46 bits per heavy atom. The number of rotatable bonds is 3. The smallest absolute Gasteiger partial charge is 0.190 e. The van der Waals surface area contributed by atoms with Gasteiger partial charge in [0, 0.05) is 43.9 Å². The van der Waals surface area contributed by atoms with Gasteiger partial charge in [0.15, 0.2) is 5.16 Å². The molecule has 1 aromatic heterocycles. The van der Waals surface area contributed by atoms with Crippen LogP contribution in [0.1, 0.15) is 39.3 Å². The van der Waals surface area contributed by atoms with Crippen LogP contribution >= 0.6 is 11.8 Å². The van der Waals surface area contributed by atoms with E-state index in [0.717, 1.165) is 55.7 Å². The van der Waals surface area contributed by atoms with E-state index in [4.69, 9.17) is 4.98 Å². The van der Waals surface area contributed by atoms with Gasteiger partial charge in [-0.15, -0.1) is 0 Å². The molecule has 3 aliphatic rings. The predicted molar refractivity (Wildman–Crippen MR) is 106 cm³/mol. The summed E-state index contributed by atoms with van der Waals surface area (Å²) in [5, 5.41) is 0.750. The molecular weight excluding hydrogens is 344 g/mol. The van der Waals surface area contributed by atoms with Crippen molar-refractivity contribution in [1.82, 2.24) is 14.9 Å². The van der Waals surface area contributed by atoms with Gasteiger partial charge in [0.1, 0.15) is 11.6 Å². The standard InChI is InChI=1S/C20H30N4OS/c1-13-12-15(24-10-8-23(5)9-11-24)22-18(21-13)26-17-16(25)14-6-7-20(17,4)19(14,2)3/h12,14,17H,6-11H2,1-5H3. The van der Waals surface area contributed by atoms with Gasteiger partial charge in [-0.05, 0) is 37.6 Å². The Labute approximate surface area is 160 Å². The van der Waals surface area contributed by atoms with E-state index >= 15 is 0 Å². The number of likely N-dealkylation sites (N-methyl/N-ethyl adjacent to an activating group) is 1. The molecule has 6 heteroatoms. The number of ketones is 1. The second kappa shape index (κ2) is 6.20. The maximum atomic E-state index is 13.0. The molecule has 0 aromatic carbocycles. The molecule has 5 nitrogen and oxygen atoms in total. The minimum Gasteiger partial charge on any atom is -0.354 e. The summed E-state index contributed by atoms with van der Waals surface area (Å²) in [5.74, 6) is 1.63. The third-order valence-electron chi connectivity index (χ3n) is 7.35. The molecule has 0 amide bonds. The second-order valence-corrected chi connectivity index (χ2v) is 10.1. The summed E-state index contributed by atoms with van der Waals surface area (Å²) < 4.78 is 0. The summed E-state index contributed by atoms with van der Waals surface area (Å²) in [6, 6.07) is 2.07. The van der Waals surface area contributed by atoms with Gasteiger partial charge in [-0.2, -0.15) is 0 Å². The lowest BCUT2D eigenvalue weighted by Gasteiger charge is -2.37. The number of carbonyl (C=O) groups excluding carboxylic acids is 1. The third kappa shape index (κ3) is 2.68. The van der Waals surface area contributed by atoms with Crippen LogP contribution in [0, 0.1) is 23.7 Å². The highest BCUT2D eigenvalue weighted by molar-refractivity contribution is 8.00. The average molecular weight is 375 g/mol. The zero-order valence-electron chi connectivity index (χ0n) is 16.6. The van der Waals surface area contributed by atoms with E-state index < -0.39 is 0 Å². The molecule has 0 radical (unpaired) electrons. The van der Waals surface area contributed by atoms with Crippen molar-refractivity contribution in [1.29, 1.82) is 0 Å². The van der Waals surface area contributed by atoms with Gasteiger partial charge in [-0.25, -0.2) is 9.97 Å². The SMILES string of the molecule is Cc1cc(N2CCN(C)CC2)nc(SC2C(=O)C3CCC2(C)C3(C)C)n1. The van der Waals surface area contributed by atoms with Gasteiger partial charge in [0.05, 0.1) is 5.25 Å². The lowest BCUT2D eigenvalue weighted by Crippen LogP contribution is -2.45. The molecule has 0 spiro atoms. The predicted octanol–water partition coefficient (Wildman–Crippen LogP) is 3.02. The number of carbonyl (C=O) groups is 1. The van der Waals surface area contributed by atoms with Crippen LogP contribution in [0.4, 0.5) is 5.82 Å². The van der Waals surface area contributed by atoms with E-state index in [-0.39, 0.29) is 22.0 Å². The van der Waals surface area contributed by atoms with Gasteiger partial charge in [0.25, 0.3) is 0 Å². The van der Waals surface area contributed by atoms with Crippen LogP contribution in [0.3, 0.4) is 0 Å². The second-order valence-electron chi connectivity index (χ2n) is 9.07. The van der Waals surface area contributed by atoms with E-state index in [1.54, 1.807) is 11.8 Å². The molecule has 3 fully saturated rings. The first-order valence-corrected chi connectivity index (χ1v) is 10.6. The molecule has 1 saturated heterocycles. The summed E-state index contributed by atoms with van der Waals surface area (Å²) in [7, 11) is 2.16. The quantitative estimate of drug-likeness (QED) is 0.758. The Kier molecular flexibility index (Phi) is 4.35. The third-order valence-corrected chi connectivity index (χ3v) is 8.73. The van der Waals surface area contributed by atoms with Gasteiger partial charge < -0.3 is 9.80 Å². The Morgan fingerprint density at radius 1 is 1.15 bits per heavy atom. The van der Waals surface area contributed by atoms with E-state index in [2.05, 4.69) is 48.7 Å². The fraction of sp³-hybridized carbons (Fsp3) is 0.750. The van der Waals surface area contributed by atoms with Crippen molar-refractivity contribution < 1.29 is 4.79 Å². The first-order chi connectivity index (χ1) is 12.2. The molecule has 1 aromatic rings. The minimum atomic E-state index is -0.0154. The van der Waals surface area contributed by atoms with Gasteiger partial charge >= 0.3 is 0 Å². The van der Waals surface area contributed by atoms with Crippen molar-refractivity contribution in [2.75, 3.05) is 38.1 Å². The van der Waals surface area contributed by atoms with E-state index in [1.807, 2.05) is 6.92 Å². The highest BCUT2D eigenvalue weighted by Gasteiger charge is 2.66. The monoisotopic (exact) mass is 374 g/mol. The zero-order valence-corrected chi connectivity index (χ0v) is 17.4. The molecule has 4 rings (SSSR count). The maximum absolute atomic E-state index is 13.0. The number of aryl methyl sites for hydroxylation is 1. The van der Waals surface area contributed by atoms with E-state index in [1.165, 1.54) is 0 Å². The van der Waals surface area contributed by atoms with Crippen molar-refractivity contribution in [2.24, 2.45) is 16.7 Å². The van der Waals surface area contributed by atoms with Crippen LogP contribution in [-0.2, 0) is 4.79 Å². The number of hydrogen-bond donors (Lipinski definition) is 0. The topological polar surface area (TPSA) is 49.3 Å². The normalized spacial score (nSPS) is 33.9. The first kappa shape index (κ1) is 18.2. The highest BCUT2D eigenvalue weighted by Crippen LogP contribution is 2.67. The highest BCUT2D eigenvalue weighted by atomic mass is 32.2. The van der Waals surface area contributed by atoms with Crippen LogP contribution in [-0.4, -0.2) is 59.1 Å². The van der Waals surface area contributed by atoms with Gasteiger partial charge in [-0.3, -0.25) is 4.79 Å². The van der Waals surface area contributed by atoms with E-state index in [0.29, 0.717) is 5.78 Å². The summed E-state index contributed by atoms with van der Waals surface area (Å²) in [6.45, 7) is 13.0. The number of piperazine rings is 1. The maximum Gasteiger partial charge on any atom is 0.190 e. The Bertz CT molecular complexity index is 729. The summed E-state index contributed by atoms with van der Waals surface area (Å²) in [5.41, 5.74) is 1.10. The average Bonchev–Trinajstić information content (AvgIpc) is 2.89. The molecule has 2 heterocycles. The van der Waals surface area contributed by atoms with Crippen molar-refractivity contribution in [3.8, 4) is 0 Å². The lowest BCUT2D eigenvalue weighted by atomic mass is 9.71. The van der Waals surface area contributed by atoms with Crippen LogP contribution in [0.5, 0.6) is 0 Å². The molecule has 2 aliphatic carbocycles. The number of anilines is 1. The molecule has 3 unspecified atom stereocenters. The number of nitrogens with zero attached hydrogens (tertiary/aromatic N) is 4. The molecule has 26 heavy (non-hydrogen) atoms. The summed E-state index contributed by atoms with van der Waals surface area (Å²) in [6.07, 6.45) is 2.17. The van der Waals surface area contributed by atoms with Crippen LogP contribution in [0.2, 0.25) is 0 Å². The van der Waals surface area contributed by atoms with Crippen LogP contribution in [0.25, 0.3) is 0 Å².